The second-order valence-electron chi connectivity index (χ2n) is 4.30. The van der Waals surface area contributed by atoms with E-state index in [4.69, 9.17) is 9.72 Å². The molecular weight excluding hydrogens is 268 g/mol. The molecule has 2 aromatic heterocycles. The number of rotatable bonds is 1. The van der Waals surface area contributed by atoms with E-state index in [-0.39, 0.29) is 0 Å². The molecule has 1 atom stereocenters. The minimum Gasteiger partial charge on any atom is -0.381 e. The van der Waals surface area contributed by atoms with E-state index >= 15 is 0 Å². The van der Waals surface area contributed by atoms with Gasteiger partial charge in [-0.1, -0.05) is 0 Å². The molecule has 1 aliphatic rings. The largest absolute Gasteiger partial charge is 0.381 e. The van der Waals surface area contributed by atoms with E-state index in [1.807, 2.05) is 0 Å². The van der Waals surface area contributed by atoms with Crippen LogP contribution in [-0.2, 0) is 4.74 Å². The molecule has 0 aromatic carbocycles. The van der Waals surface area contributed by atoms with Crippen molar-refractivity contribution in [3.8, 4) is 0 Å². The Hall–Kier alpha value is -0.870. The van der Waals surface area contributed by atoms with Crippen LogP contribution in [0, 0.1) is 6.92 Å². The molecule has 1 saturated heterocycles. The molecule has 0 radical (unpaired) electrons. The summed E-state index contributed by atoms with van der Waals surface area (Å²) < 4.78 is 8.58. The topological polar surface area (TPSA) is 26.5 Å². The number of nitrogens with zero attached hydrogens (tertiary/aromatic N) is 2. The first kappa shape index (κ1) is 10.3. The molecule has 0 spiro atoms. The zero-order valence-corrected chi connectivity index (χ0v) is 10.7. The summed E-state index contributed by atoms with van der Waals surface area (Å²) in [5.41, 5.74) is 3.39. The van der Waals surface area contributed by atoms with Crippen LogP contribution in [-0.4, -0.2) is 22.6 Å². The van der Waals surface area contributed by atoms with Gasteiger partial charge in [-0.2, -0.15) is 0 Å². The van der Waals surface area contributed by atoms with Crippen molar-refractivity contribution in [1.82, 2.24) is 9.38 Å². The number of aromatic nitrogens is 2. The molecule has 0 N–H and O–H groups in total. The number of hydrogen-bond acceptors (Lipinski definition) is 2. The van der Waals surface area contributed by atoms with Gasteiger partial charge in [0.2, 0.25) is 0 Å². The SMILES string of the molecule is Cc1cc(Br)cn2cc(C3CCOC3)nc12. The molecule has 1 aliphatic heterocycles. The standard InChI is InChI=1S/C12H13BrN2O/c1-8-4-10(13)5-15-6-11(14-12(8)15)9-2-3-16-7-9/h4-6,9H,2-3,7H2,1H3. The van der Waals surface area contributed by atoms with E-state index in [1.54, 1.807) is 0 Å². The third kappa shape index (κ3) is 1.66. The molecule has 2 aromatic rings. The van der Waals surface area contributed by atoms with Gasteiger partial charge < -0.3 is 9.14 Å². The summed E-state index contributed by atoms with van der Waals surface area (Å²) in [5.74, 6) is 0.470. The van der Waals surface area contributed by atoms with Crippen molar-refractivity contribution in [2.24, 2.45) is 0 Å². The Bertz CT molecular complexity index is 529. The van der Waals surface area contributed by atoms with Gasteiger partial charge >= 0.3 is 0 Å². The molecular formula is C12H13BrN2O. The third-order valence-corrected chi connectivity index (χ3v) is 3.50. The van der Waals surface area contributed by atoms with Crippen LogP contribution in [0.1, 0.15) is 23.6 Å². The van der Waals surface area contributed by atoms with Gasteiger partial charge in [0.1, 0.15) is 5.65 Å². The van der Waals surface area contributed by atoms with Gasteiger partial charge in [0, 0.05) is 29.4 Å². The molecule has 1 unspecified atom stereocenters. The first-order valence-electron chi connectivity index (χ1n) is 5.46. The van der Waals surface area contributed by atoms with Crippen molar-refractivity contribution in [3.05, 3.63) is 34.2 Å². The summed E-state index contributed by atoms with van der Waals surface area (Å²) in [6.07, 6.45) is 5.26. The fraction of sp³-hybridized carbons (Fsp3) is 0.417. The smallest absolute Gasteiger partial charge is 0.140 e. The Morgan fingerprint density at radius 3 is 3.12 bits per heavy atom. The van der Waals surface area contributed by atoms with E-state index in [2.05, 4.69) is 45.7 Å². The van der Waals surface area contributed by atoms with E-state index in [9.17, 15) is 0 Å². The van der Waals surface area contributed by atoms with Gasteiger partial charge in [0.25, 0.3) is 0 Å². The van der Waals surface area contributed by atoms with Crippen LogP contribution in [0.2, 0.25) is 0 Å². The second-order valence-corrected chi connectivity index (χ2v) is 5.21. The number of hydrogen-bond donors (Lipinski definition) is 0. The maximum Gasteiger partial charge on any atom is 0.140 e. The number of aryl methyl sites for hydroxylation is 1. The van der Waals surface area contributed by atoms with Crippen LogP contribution in [0.3, 0.4) is 0 Å². The van der Waals surface area contributed by atoms with E-state index in [1.165, 1.54) is 5.56 Å². The average molecular weight is 281 g/mol. The summed E-state index contributed by atoms with van der Waals surface area (Å²) in [4.78, 5) is 4.70. The molecule has 0 bridgehead atoms. The highest BCUT2D eigenvalue weighted by atomic mass is 79.9. The number of pyridine rings is 1. The summed E-state index contributed by atoms with van der Waals surface area (Å²) in [5, 5.41) is 0. The number of ether oxygens (including phenoxy) is 1. The summed E-state index contributed by atoms with van der Waals surface area (Å²) in [7, 11) is 0. The normalized spacial score (nSPS) is 20.8. The fourth-order valence-electron chi connectivity index (χ4n) is 2.21. The van der Waals surface area contributed by atoms with Crippen LogP contribution in [0.5, 0.6) is 0 Å². The minimum absolute atomic E-state index is 0.470. The molecule has 3 nitrogen and oxygen atoms in total. The monoisotopic (exact) mass is 280 g/mol. The molecule has 0 amide bonds. The predicted molar refractivity (Wildman–Crippen MR) is 65.8 cm³/mol. The molecule has 3 rings (SSSR count). The first-order chi connectivity index (χ1) is 7.74. The maximum atomic E-state index is 5.40. The van der Waals surface area contributed by atoms with Crippen LogP contribution < -0.4 is 0 Å². The molecule has 1 fully saturated rings. The van der Waals surface area contributed by atoms with Crippen molar-refractivity contribution in [2.45, 2.75) is 19.3 Å². The second kappa shape index (κ2) is 3.86. The van der Waals surface area contributed by atoms with Gasteiger partial charge in [-0.25, -0.2) is 4.98 Å². The molecule has 4 heteroatoms. The van der Waals surface area contributed by atoms with E-state index in [0.29, 0.717) is 5.92 Å². The van der Waals surface area contributed by atoms with Crippen LogP contribution in [0.4, 0.5) is 0 Å². The highest BCUT2D eigenvalue weighted by molar-refractivity contribution is 9.10. The number of halogens is 1. The zero-order chi connectivity index (χ0) is 11.1. The summed E-state index contributed by atoms with van der Waals surface area (Å²) in [6, 6.07) is 2.09. The lowest BCUT2D eigenvalue weighted by Gasteiger charge is -2.00. The van der Waals surface area contributed by atoms with Crippen molar-refractivity contribution in [1.29, 1.82) is 0 Å². The highest BCUT2D eigenvalue weighted by Gasteiger charge is 2.20. The van der Waals surface area contributed by atoms with E-state index < -0.39 is 0 Å². The Morgan fingerprint density at radius 1 is 1.50 bits per heavy atom. The van der Waals surface area contributed by atoms with Crippen molar-refractivity contribution >= 4 is 21.6 Å². The van der Waals surface area contributed by atoms with Crippen molar-refractivity contribution in [2.75, 3.05) is 13.2 Å². The van der Waals surface area contributed by atoms with Crippen LogP contribution in [0.25, 0.3) is 5.65 Å². The Labute approximate surface area is 103 Å². The van der Waals surface area contributed by atoms with Gasteiger partial charge in [0.15, 0.2) is 0 Å². The van der Waals surface area contributed by atoms with Gasteiger partial charge in [0.05, 0.1) is 12.3 Å². The third-order valence-electron chi connectivity index (χ3n) is 3.07. The van der Waals surface area contributed by atoms with Crippen LogP contribution >= 0.6 is 15.9 Å². The molecule has 84 valence electrons. The van der Waals surface area contributed by atoms with Crippen molar-refractivity contribution < 1.29 is 4.74 Å². The average Bonchev–Trinajstić information content (AvgIpc) is 2.82. The van der Waals surface area contributed by atoms with Crippen LogP contribution in [0.15, 0.2) is 22.9 Å². The highest BCUT2D eigenvalue weighted by Crippen LogP contribution is 2.26. The number of fused-ring (bicyclic) bond motifs is 1. The molecule has 3 heterocycles. The lowest BCUT2D eigenvalue weighted by Crippen LogP contribution is -1.97. The lowest BCUT2D eigenvalue weighted by molar-refractivity contribution is 0.193. The van der Waals surface area contributed by atoms with Gasteiger partial charge in [-0.15, -0.1) is 0 Å². The zero-order valence-electron chi connectivity index (χ0n) is 9.11. The Morgan fingerprint density at radius 2 is 2.38 bits per heavy atom. The predicted octanol–water partition coefficient (Wildman–Crippen LogP) is 2.91. The molecule has 0 aliphatic carbocycles. The summed E-state index contributed by atoms with van der Waals surface area (Å²) >= 11 is 3.50. The first-order valence-corrected chi connectivity index (χ1v) is 6.26. The van der Waals surface area contributed by atoms with Crippen molar-refractivity contribution in [3.63, 3.8) is 0 Å². The number of imidazole rings is 1. The fourth-order valence-corrected chi connectivity index (χ4v) is 2.77. The quantitative estimate of drug-likeness (QED) is 0.803. The van der Waals surface area contributed by atoms with Gasteiger partial charge in [-0.05, 0) is 40.9 Å². The Kier molecular flexibility index (Phi) is 2.48. The Balaban J connectivity index is 2.11. The van der Waals surface area contributed by atoms with E-state index in [0.717, 1.165) is 35.4 Å². The minimum atomic E-state index is 0.470. The van der Waals surface area contributed by atoms with Gasteiger partial charge in [-0.3, -0.25) is 0 Å². The maximum absolute atomic E-state index is 5.40. The molecule has 0 saturated carbocycles. The molecule has 16 heavy (non-hydrogen) atoms. The lowest BCUT2D eigenvalue weighted by atomic mass is 10.1. The summed E-state index contributed by atoms with van der Waals surface area (Å²) in [6.45, 7) is 3.76.